The fourth-order valence-corrected chi connectivity index (χ4v) is 3.00. The molecule has 1 unspecified atom stereocenters. The number of nitrogens with zero attached hydrogens (tertiary/aromatic N) is 4. The van der Waals surface area contributed by atoms with Crippen molar-refractivity contribution in [3.05, 3.63) is 83.8 Å². The Morgan fingerprint density at radius 3 is 2.54 bits per heavy atom. The van der Waals surface area contributed by atoms with Crippen molar-refractivity contribution in [3.8, 4) is 16.9 Å². The lowest BCUT2D eigenvalue weighted by Gasteiger charge is -2.10. The molecule has 0 aliphatic carbocycles. The molecule has 0 spiro atoms. The van der Waals surface area contributed by atoms with Gasteiger partial charge >= 0.3 is 0 Å². The predicted octanol–water partition coefficient (Wildman–Crippen LogP) is 3.96. The second kappa shape index (κ2) is 7.74. The molecule has 2 aromatic heterocycles. The molecule has 7 heteroatoms. The summed E-state index contributed by atoms with van der Waals surface area (Å²) in [6.07, 6.45) is 3.50. The number of halogens is 1. The summed E-state index contributed by atoms with van der Waals surface area (Å²) < 4.78 is 15.2. The van der Waals surface area contributed by atoms with Crippen LogP contribution in [0.1, 0.15) is 29.9 Å². The van der Waals surface area contributed by atoms with Gasteiger partial charge in [-0.15, -0.1) is 0 Å². The highest BCUT2D eigenvalue weighted by Crippen LogP contribution is 2.25. The Labute approximate surface area is 162 Å². The average molecular weight is 376 g/mol. The molecule has 0 saturated carbocycles. The van der Waals surface area contributed by atoms with E-state index in [9.17, 15) is 4.39 Å². The lowest BCUT2D eigenvalue weighted by molar-refractivity contribution is 0.548. The zero-order valence-electron chi connectivity index (χ0n) is 15.7. The minimum atomic E-state index is -0.264. The zero-order valence-corrected chi connectivity index (χ0v) is 15.7. The summed E-state index contributed by atoms with van der Waals surface area (Å²) in [6.45, 7) is 4.65. The van der Waals surface area contributed by atoms with Crippen LogP contribution >= 0.6 is 0 Å². The number of aromatic amines is 1. The van der Waals surface area contributed by atoms with Crippen molar-refractivity contribution in [1.82, 2.24) is 30.3 Å². The summed E-state index contributed by atoms with van der Waals surface area (Å²) in [5, 5.41) is 15.0. The minimum absolute atomic E-state index is 0.00583. The van der Waals surface area contributed by atoms with E-state index in [1.807, 2.05) is 29.9 Å². The standard InChI is InChI=1S/C21H21FN6/c1-14-3-9-19(10-4-14)28-12-17(11-23-15(2)21-24-13-25-26-21)20(27-28)16-5-7-18(22)8-6-16/h3-10,12-13,15,23H,11H2,1-2H3,(H,24,25,26). The number of nitrogens with one attached hydrogen (secondary N) is 2. The first kappa shape index (κ1) is 18.1. The van der Waals surface area contributed by atoms with Crippen LogP contribution in [0.4, 0.5) is 4.39 Å². The third kappa shape index (κ3) is 3.84. The van der Waals surface area contributed by atoms with Crippen molar-refractivity contribution in [2.24, 2.45) is 0 Å². The van der Waals surface area contributed by atoms with Crippen LogP contribution < -0.4 is 5.32 Å². The molecule has 0 aliphatic rings. The first-order chi connectivity index (χ1) is 13.6. The van der Waals surface area contributed by atoms with Gasteiger partial charge in [0.05, 0.1) is 17.4 Å². The van der Waals surface area contributed by atoms with Crippen LogP contribution in [-0.2, 0) is 6.54 Å². The molecule has 28 heavy (non-hydrogen) atoms. The van der Waals surface area contributed by atoms with Crippen molar-refractivity contribution in [3.63, 3.8) is 0 Å². The second-order valence-electron chi connectivity index (χ2n) is 6.76. The molecule has 4 rings (SSSR count). The molecule has 0 amide bonds. The Morgan fingerprint density at radius 1 is 1.11 bits per heavy atom. The summed E-state index contributed by atoms with van der Waals surface area (Å²) in [5.74, 6) is 0.509. The Kier molecular flexibility index (Phi) is 4.99. The normalized spacial score (nSPS) is 12.2. The van der Waals surface area contributed by atoms with Gasteiger partial charge in [-0.05, 0) is 50.2 Å². The van der Waals surface area contributed by atoms with Crippen LogP contribution in [0.2, 0.25) is 0 Å². The molecule has 0 bridgehead atoms. The maximum absolute atomic E-state index is 13.4. The van der Waals surface area contributed by atoms with E-state index in [1.165, 1.54) is 24.0 Å². The van der Waals surface area contributed by atoms with Crippen molar-refractivity contribution < 1.29 is 4.39 Å². The summed E-state index contributed by atoms with van der Waals surface area (Å²) in [6, 6.07) is 14.6. The summed E-state index contributed by atoms with van der Waals surface area (Å²) in [4.78, 5) is 4.19. The number of hydrogen-bond donors (Lipinski definition) is 2. The van der Waals surface area contributed by atoms with Crippen LogP contribution in [0.15, 0.2) is 61.1 Å². The third-order valence-electron chi connectivity index (χ3n) is 4.65. The highest BCUT2D eigenvalue weighted by Gasteiger charge is 2.15. The lowest BCUT2D eigenvalue weighted by Crippen LogP contribution is -2.19. The van der Waals surface area contributed by atoms with E-state index < -0.39 is 0 Å². The van der Waals surface area contributed by atoms with Crippen LogP contribution in [0.5, 0.6) is 0 Å². The van der Waals surface area contributed by atoms with Crippen LogP contribution in [-0.4, -0.2) is 25.0 Å². The van der Waals surface area contributed by atoms with Crippen molar-refractivity contribution in [2.75, 3.05) is 0 Å². The van der Waals surface area contributed by atoms with Gasteiger partial charge in [-0.1, -0.05) is 17.7 Å². The Morgan fingerprint density at radius 2 is 1.86 bits per heavy atom. The molecule has 4 aromatic rings. The van der Waals surface area contributed by atoms with Gasteiger partial charge in [-0.2, -0.15) is 10.2 Å². The largest absolute Gasteiger partial charge is 0.303 e. The van der Waals surface area contributed by atoms with Gasteiger partial charge in [-0.3, -0.25) is 5.10 Å². The molecule has 1 atom stereocenters. The van der Waals surface area contributed by atoms with Gasteiger partial charge in [0.25, 0.3) is 0 Å². The highest BCUT2D eigenvalue weighted by atomic mass is 19.1. The Balaban J connectivity index is 1.66. The topological polar surface area (TPSA) is 71.4 Å². The smallest absolute Gasteiger partial charge is 0.141 e. The number of hydrogen-bond acceptors (Lipinski definition) is 4. The summed E-state index contributed by atoms with van der Waals surface area (Å²) in [5.41, 5.74) is 4.87. The van der Waals surface area contributed by atoms with E-state index in [0.717, 1.165) is 28.3 Å². The third-order valence-corrected chi connectivity index (χ3v) is 4.65. The highest BCUT2D eigenvalue weighted by molar-refractivity contribution is 5.63. The van der Waals surface area contributed by atoms with E-state index >= 15 is 0 Å². The van der Waals surface area contributed by atoms with Gasteiger partial charge < -0.3 is 5.32 Å². The molecule has 0 fully saturated rings. The molecule has 2 N–H and O–H groups in total. The van der Waals surface area contributed by atoms with Crippen molar-refractivity contribution in [1.29, 1.82) is 0 Å². The number of aromatic nitrogens is 5. The SMILES string of the molecule is Cc1ccc(-n2cc(CNC(C)c3ncn[nH]3)c(-c3ccc(F)cc3)n2)cc1. The van der Waals surface area contributed by atoms with Crippen LogP contribution in [0.25, 0.3) is 16.9 Å². The van der Waals surface area contributed by atoms with Crippen molar-refractivity contribution >= 4 is 0 Å². The van der Waals surface area contributed by atoms with Gasteiger partial charge in [0.1, 0.15) is 18.0 Å². The summed E-state index contributed by atoms with van der Waals surface area (Å²) in [7, 11) is 0. The van der Waals surface area contributed by atoms with E-state index in [1.54, 1.807) is 12.1 Å². The first-order valence-electron chi connectivity index (χ1n) is 9.10. The zero-order chi connectivity index (χ0) is 19.5. The number of rotatable bonds is 6. The van der Waals surface area contributed by atoms with E-state index in [4.69, 9.17) is 5.10 Å². The fraction of sp³-hybridized carbons (Fsp3) is 0.190. The molecule has 0 aliphatic heterocycles. The average Bonchev–Trinajstić information content (AvgIpc) is 3.38. The molecular weight excluding hydrogens is 355 g/mol. The van der Waals surface area contributed by atoms with Crippen LogP contribution in [0.3, 0.4) is 0 Å². The molecule has 2 heterocycles. The minimum Gasteiger partial charge on any atom is -0.303 e. The van der Waals surface area contributed by atoms with Gasteiger partial charge in [-0.25, -0.2) is 14.1 Å². The lowest BCUT2D eigenvalue weighted by atomic mass is 10.1. The predicted molar refractivity (Wildman–Crippen MR) is 105 cm³/mol. The Hall–Kier alpha value is -3.32. The maximum Gasteiger partial charge on any atom is 0.141 e. The quantitative estimate of drug-likeness (QED) is 0.534. The maximum atomic E-state index is 13.4. The van der Waals surface area contributed by atoms with E-state index in [-0.39, 0.29) is 11.9 Å². The molecule has 0 saturated heterocycles. The monoisotopic (exact) mass is 376 g/mol. The first-order valence-corrected chi connectivity index (χ1v) is 9.10. The molecule has 142 valence electrons. The summed E-state index contributed by atoms with van der Waals surface area (Å²) >= 11 is 0. The Bertz CT molecular complexity index is 1040. The van der Waals surface area contributed by atoms with Crippen LogP contribution in [0, 0.1) is 12.7 Å². The van der Waals surface area contributed by atoms with Gasteiger partial charge in [0.2, 0.25) is 0 Å². The molecule has 2 aromatic carbocycles. The van der Waals surface area contributed by atoms with E-state index in [0.29, 0.717) is 6.54 Å². The number of benzene rings is 2. The molecular formula is C21H21FN6. The van der Waals surface area contributed by atoms with Crippen molar-refractivity contribution in [2.45, 2.75) is 26.4 Å². The van der Waals surface area contributed by atoms with Gasteiger partial charge in [0.15, 0.2) is 0 Å². The van der Waals surface area contributed by atoms with Gasteiger partial charge in [0, 0.05) is 23.9 Å². The fourth-order valence-electron chi connectivity index (χ4n) is 3.00. The molecule has 6 nitrogen and oxygen atoms in total. The van der Waals surface area contributed by atoms with E-state index in [2.05, 4.69) is 39.6 Å². The molecule has 0 radical (unpaired) electrons. The number of aryl methyl sites for hydroxylation is 1. The second-order valence-corrected chi connectivity index (χ2v) is 6.76. The number of H-pyrrole nitrogens is 1.